The lowest BCUT2D eigenvalue weighted by molar-refractivity contribution is 0.483. The summed E-state index contributed by atoms with van der Waals surface area (Å²) in [4.78, 5) is 14.0. The van der Waals surface area contributed by atoms with Gasteiger partial charge in [0.25, 0.3) is 0 Å². The molecule has 0 saturated carbocycles. The molecule has 6 unspecified atom stereocenters. The molecule has 3 aliphatic rings. The maximum absolute atomic E-state index is 4.67. The van der Waals surface area contributed by atoms with Crippen LogP contribution in [0.5, 0.6) is 0 Å². The van der Waals surface area contributed by atoms with Gasteiger partial charge in [-0.15, -0.1) is 0 Å². The average Bonchev–Trinajstić information content (AvgIpc) is 3.01. The van der Waals surface area contributed by atoms with Gasteiger partial charge in [-0.1, -0.05) is 109 Å². The van der Waals surface area contributed by atoms with E-state index in [0.717, 1.165) is 0 Å². The summed E-state index contributed by atoms with van der Waals surface area (Å²) in [6.45, 7) is 21.4. The molecule has 0 spiro atoms. The summed E-state index contributed by atoms with van der Waals surface area (Å²) < 4.78 is 0. The molecule has 3 aliphatic carbocycles. The van der Waals surface area contributed by atoms with Gasteiger partial charge in [-0.25, -0.2) is 0 Å². The van der Waals surface area contributed by atoms with Crippen LogP contribution in [0.15, 0.2) is 143 Å². The second kappa shape index (κ2) is 12.0. The van der Waals surface area contributed by atoms with Crippen molar-refractivity contribution in [3.8, 4) is 0 Å². The molecule has 0 amide bonds. The summed E-state index contributed by atoms with van der Waals surface area (Å²) in [6, 6.07) is 13.1. The van der Waals surface area contributed by atoms with Crippen LogP contribution in [0.2, 0.25) is 17.5 Å². The van der Waals surface area contributed by atoms with E-state index in [2.05, 4.69) is 169 Å². The minimum absolute atomic E-state index is 0.188. The van der Waals surface area contributed by atoms with Gasteiger partial charge in [0, 0.05) is 53.4 Å². The SMILES string of the molecule is CC1=CC(C)(c2cccnc2)C(B(C2C(C)=CC(C)=CC2(C)c2cccnc2)C2C(C)=CC(C)=CC2(C)c2cccnc2)C(C)=C1. The number of nitrogens with zero attached hydrogens (tertiary/aromatic N) is 3. The first-order valence-electron chi connectivity index (χ1n) is 16.7. The number of pyridine rings is 3. The van der Waals surface area contributed by atoms with E-state index in [0.29, 0.717) is 0 Å². The van der Waals surface area contributed by atoms with Gasteiger partial charge >= 0.3 is 0 Å². The Labute approximate surface area is 277 Å². The van der Waals surface area contributed by atoms with Crippen molar-refractivity contribution in [2.75, 3.05) is 0 Å². The molecule has 3 aromatic rings. The van der Waals surface area contributed by atoms with Crippen LogP contribution in [-0.2, 0) is 16.2 Å². The molecule has 0 radical (unpaired) electrons. The van der Waals surface area contributed by atoms with Crippen molar-refractivity contribution in [1.29, 1.82) is 0 Å². The molecule has 0 bridgehead atoms. The van der Waals surface area contributed by atoms with Gasteiger partial charge in [0.1, 0.15) is 0 Å². The topological polar surface area (TPSA) is 38.7 Å². The second-order valence-electron chi connectivity index (χ2n) is 14.9. The van der Waals surface area contributed by atoms with Gasteiger partial charge in [0.05, 0.1) is 0 Å². The van der Waals surface area contributed by atoms with Gasteiger partial charge in [-0.05, 0) is 93.9 Å². The Hall–Kier alpha value is -4.05. The van der Waals surface area contributed by atoms with Crippen molar-refractivity contribution in [2.24, 2.45) is 0 Å². The van der Waals surface area contributed by atoms with Crippen molar-refractivity contribution in [2.45, 2.75) is 96.0 Å². The molecule has 6 atom stereocenters. The zero-order valence-corrected chi connectivity index (χ0v) is 29.0. The molecule has 0 fully saturated rings. The normalized spacial score (nSPS) is 31.1. The van der Waals surface area contributed by atoms with Crippen molar-refractivity contribution in [3.05, 3.63) is 160 Å². The molecule has 0 N–H and O–H groups in total. The first kappa shape index (κ1) is 31.9. The van der Waals surface area contributed by atoms with E-state index >= 15 is 0 Å². The predicted molar refractivity (Wildman–Crippen MR) is 194 cm³/mol. The monoisotopic (exact) mass is 605 g/mol. The van der Waals surface area contributed by atoms with E-state index in [1.54, 1.807) is 0 Å². The molecular weight excluding hydrogens is 557 g/mol. The highest BCUT2D eigenvalue weighted by Crippen LogP contribution is 2.63. The molecule has 234 valence electrons. The quantitative estimate of drug-likeness (QED) is 0.263. The van der Waals surface area contributed by atoms with Crippen molar-refractivity contribution >= 4 is 6.71 Å². The summed E-state index contributed by atoms with van der Waals surface area (Å²) in [6.07, 6.45) is 26.8. The highest BCUT2D eigenvalue weighted by Gasteiger charge is 2.58. The minimum atomic E-state index is -0.277. The first-order chi connectivity index (χ1) is 21.9. The molecule has 4 heteroatoms. The molecule has 0 aliphatic heterocycles. The Morgan fingerprint density at radius 2 is 0.761 bits per heavy atom. The number of allylic oxidation sites excluding steroid dienone is 12. The Morgan fingerprint density at radius 1 is 0.478 bits per heavy atom. The van der Waals surface area contributed by atoms with Crippen LogP contribution in [0.25, 0.3) is 0 Å². The first-order valence-corrected chi connectivity index (χ1v) is 16.7. The molecular formula is C42H48BN3. The van der Waals surface area contributed by atoms with Gasteiger partial charge in [-0.3, -0.25) is 15.0 Å². The molecule has 6 rings (SSSR count). The second-order valence-corrected chi connectivity index (χ2v) is 14.9. The number of hydrogen-bond donors (Lipinski definition) is 0. The van der Waals surface area contributed by atoms with Crippen molar-refractivity contribution in [3.63, 3.8) is 0 Å². The van der Waals surface area contributed by atoms with Crippen LogP contribution in [0, 0.1) is 0 Å². The molecule has 3 heterocycles. The lowest BCUT2D eigenvalue weighted by atomic mass is 9.16. The summed E-state index contributed by atoms with van der Waals surface area (Å²) in [5.41, 5.74) is 11.2. The van der Waals surface area contributed by atoms with E-state index in [-0.39, 0.29) is 40.4 Å². The van der Waals surface area contributed by atoms with Crippen LogP contribution in [0.1, 0.15) is 79.0 Å². The van der Waals surface area contributed by atoms with Crippen LogP contribution in [0.4, 0.5) is 0 Å². The molecule has 0 saturated heterocycles. The smallest absolute Gasteiger partial charge is 0.167 e. The Balaban J connectivity index is 1.71. The lowest BCUT2D eigenvalue weighted by Crippen LogP contribution is -2.53. The van der Waals surface area contributed by atoms with Gasteiger partial charge in [0.2, 0.25) is 0 Å². The summed E-state index contributed by atoms with van der Waals surface area (Å²) >= 11 is 0. The third kappa shape index (κ3) is 5.30. The van der Waals surface area contributed by atoms with Gasteiger partial charge in [0.15, 0.2) is 6.71 Å². The largest absolute Gasteiger partial charge is 0.264 e. The fraction of sp³-hybridized carbons (Fsp3) is 0.357. The zero-order valence-electron chi connectivity index (χ0n) is 29.0. The highest BCUT2D eigenvalue weighted by atomic mass is 14.6. The standard InChI is InChI=1S/C42H48BN3/c1-28-19-31(4)37(40(7,22-28)34-13-10-16-44-25-34)43(38-32(5)20-29(2)23-41(38,8)35-14-11-17-45-26-35)39-33(6)21-30(3)24-42(39,9)36-15-12-18-46-27-36/h10-27,37-39H,1-9H3. The highest BCUT2D eigenvalue weighted by molar-refractivity contribution is 6.67. The number of rotatable bonds is 6. The van der Waals surface area contributed by atoms with Crippen LogP contribution in [0.3, 0.4) is 0 Å². The Kier molecular flexibility index (Phi) is 8.29. The van der Waals surface area contributed by atoms with E-state index in [1.165, 1.54) is 50.1 Å². The number of aromatic nitrogens is 3. The van der Waals surface area contributed by atoms with E-state index in [9.17, 15) is 0 Å². The van der Waals surface area contributed by atoms with Crippen LogP contribution < -0.4 is 0 Å². The van der Waals surface area contributed by atoms with Crippen molar-refractivity contribution < 1.29 is 0 Å². The van der Waals surface area contributed by atoms with Gasteiger partial charge in [-0.2, -0.15) is 0 Å². The summed E-state index contributed by atoms with van der Waals surface area (Å²) in [5, 5.41) is 0. The number of hydrogen-bond acceptors (Lipinski definition) is 3. The van der Waals surface area contributed by atoms with E-state index in [4.69, 9.17) is 0 Å². The molecule has 3 nitrogen and oxygen atoms in total. The van der Waals surface area contributed by atoms with E-state index < -0.39 is 0 Å². The Bertz CT molecular complexity index is 1590. The lowest BCUT2D eigenvalue weighted by Gasteiger charge is -2.56. The van der Waals surface area contributed by atoms with Gasteiger partial charge < -0.3 is 0 Å². The summed E-state index contributed by atoms with van der Waals surface area (Å²) in [7, 11) is 0. The van der Waals surface area contributed by atoms with Crippen LogP contribution >= 0.6 is 0 Å². The minimum Gasteiger partial charge on any atom is -0.264 e. The zero-order chi connectivity index (χ0) is 32.9. The van der Waals surface area contributed by atoms with E-state index in [1.807, 2.05) is 18.6 Å². The molecule has 3 aromatic heterocycles. The predicted octanol–water partition coefficient (Wildman–Crippen LogP) is 10.4. The fourth-order valence-electron chi connectivity index (χ4n) is 10.1. The average molecular weight is 606 g/mol. The maximum atomic E-state index is 4.67. The summed E-state index contributed by atoms with van der Waals surface area (Å²) in [5.74, 6) is 0.563. The molecule has 46 heavy (non-hydrogen) atoms. The third-order valence-electron chi connectivity index (χ3n) is 11.4. The van der Waals surface area contributed by atoms with Crippen molar-refractivity contribution in [1.82, 2.24) is 15.0 Å². The van der Waals surface area contributed by atoms with Crippen LogP contribution in [-0.4, -0.2) is 21.7 Å². The maximum Gasteiger partial charge on any atom is 0.167 e. The Morgan fingerprint density at radius 3 is 1.00 bits per heavy atom. The molecule has 0 aromatic carbocycles. The third-order valence-corrected chi connectivity index (χ3v) is 11.4. The fourth-order valence-corrected chi connectivity index (χ4v) is 10.1.